The van der Waals surface area contributed by atoms with E-state index in [1.165, 1.54) is 12.1 Å². The summed E-state index contributed by atoms with van der Waals surface area (Å²) in [5, 5.41) is 13.2. The summed E-state index contributed by atoms with van der Waals surface area (Å²) in [6, 6.07) is 13.8. The fourth-order valence-electron chi connectivity index (χ4n) is 3.62. The summed E-state index contributed by atoms with van der Waals surface area (Å²) in [4.78, 5) is 6.53. The van der Waals surface area contributed by atoms with Crippen LogP contribution in [-0.4, -0.2) is 39.7 Å². The molecule has 0 aromatic heterocycles. The summed E-state index contributed by atoms with van der Waals surface area (Å²) in [5.74, 6) is -0.186. The van der Waals surface area contributed by atoms with E-state index in [0.29, 0.717) is 10.8 Å². The predicted octanol–water partition coefficient (Wildman–Crippen LogP) is 4.69. The number of aliphatic imine (C=N–C) groups is 1. The lowest BCUT2D eigenvalue weighted by atomic mass is 9.82. The highest BCUT2D eigenvalue weighted by molar-refractivity contribution is 8.93. The Morgan fingerprint density at radius 1 is 1.19 bits per heavy atom. The second kappa shape index (κ2) is 7.89. The molecule has 0 aliphatic carbocycles. The number of benzene rings is 2. The molecule has 7 heteroatoms. The Bertz CT molecular complexity index is 819. The molecule has 3 nitrogen and oxygen atoms in total. The zero-order valence-electron chi connectivity index (χ0n) is 13.9. The molecule has 4 rings (SSSR count). The van der Waals surface area contributed by atoms with Crippen LogP contribution in [0.25, 0.3) is 0 Å². The van der Waals surface area contributed by atoms with Gasteiger partial charge in [0.05, 0.1) is 5.92 Å². The molecule has 1 saturated heterocycles. The molecule has 0 radical (unpaired) electrons. The number of hydrogen-bond donors (Lipinski definition) is 1. The van der Waals surface area contributed by atoms with Gasteiger partial charge >= 0.3 is 0 Å². The van der Waals surface area contributed by atoms with E-state index < -0.39 is 5.72 Å². The molecule has 2 heterocycles. The van der Waals surface area contributed by atoms with E-state index in [1.54, 1.807) is 23.9 Å². The topological polar surface area (TPSA) is 35.8 Å². The van der Waals surface area contributed by atoms with Crippen molar-refractivity contribution in [3.8, 4) is 0 Å². The normalized spacial score (nSPS) is 23.0. The lowest BCUT2D eigenvalue weighted by molar-refractivity contribution is -0.0573. The van der Waals surface area contributed by atoms with E-state index in [9.17, 15) is 9.50 Å². The van der Waals surface area contributed by atoms with Crippen molar-refractivity contribution in [1.82, 2.24) is 4.90 Å². The van der Waals surface area contributed by atoms with Gasteiger partial charge in [0.15, 0.2) is 10.9 Å². The van der Waals surface area contributed by atoms with Crippen LogP contribution in [0.2, 0.25) is 5.02 Å². The zero-order chi connectivity index (χ0) is 17.4. The van der Waals surface area contributed by atoms with Gasteiger partial charge in [-0.15, -0.1) is 17.0 Å². The van der Waals surface area contributed by atoms with Gasteiger partial charge in [-0.1, -0.05) is 53.7 Å². The molecule has 1 fully saturated rings. The van der Waals surface area contributed by atoms with E-state index >= 15 is 0 Å². The third-order valence-corrected chi connectivity index (χ3v) is 6.30. The van der Waals surface area contributed by atoms with Gasteiger partial charge in [-0.25, -0.2) is 4.39 Å². The number of halogens is 3. The van der Waals surface area contributed by atoms with Crippen molar-refractivity contribution in [2.45, 2.75) is 18.1 Å². The number of hydrogen-bond acceptors (Lipinski definition) is 4. The molecule has 0 saturated carbocycles. The molecule has 2 aromatic rings. The minimum atomic E-state index is -1.15. The van der Waals surface area contributed by atoms with Crippen LogP contribution in [0.3, 0.4) is 0 Å². The molecule has 2 unspecified atom stereocenters. The molecule has 138 valence electrons. The van der Waals surface area contributed by atoms with Crippen molar-refractivity contribution >= 4 is 45.5 Å². The average Bonchev–Trinajstić information content (AvgIpc) is 2.97. The third-order valence-electron chi connectivity index (χ3n) is 4.78. The number of amidine groups is 1. The van der Waals surface area contributed by atoms with Crippen molar-refractivity contribution in [3.63, 3.8) is 0 Å². The lowest BCUT2D eigenvalue weighted by Crippen LogP contribution is -2.53. The van der Waals surface area contributed by atoms with Gasteiger partial charge < -0.3 is 10.0 Å². The number of fused-ring (bicyclic) bond motifs is 1. The Morgan fingerprint density at radius 3 is 2.65 bits per heavy atom. The number of aliphatic hydroxyl groups is 1. The highest BCUT2D eigenvalue weighted by atomic mass is 79.9. The summed E-state index contributed by atoms with van der Waals surface area (Å²) in [6.45, 7) is 1.55. The fourth-order valence-corrected chi connectivity index (χ4v) is 5.11. The van der Waals surface area contributed by atoms with Crippen molar-refractivity contribution in [2.24, 2.45) is 4.99 Å². The second-order valence-corrected chi connectivity index (χ2v) is 7.69. The first kappa shape index (κ1) is 19.7. The van der Waals surface area contributed by atoms with Crippen molar-refractivity contribution < 1.29 is 9.50 Å². The van der Waals surface area contributed by atoms with Crippen LogP contribution in [0.4, 0.5) is 4.39 Å². The minimum Gasteiger partial charge on any atom is -0.369 e. The maximum absolute atomic E-state index is 13.5. The molecule has 26 heavy (non-hydrogen) atoms. The summed E-state index contributed by atoms with van der Waals surface area (Å²) in [5.41, 5.74) is 0.530. The zero-order valence-corrected chi connectivity index (χ0v) is 17.2. The number of thioether (sulfide) groups is 1. The van der Waals surface area contributed by atoms with Gasteiger partial charge in [-0.2, -0.15) is 0 Å². The maximum atomic E-state index is 13.5. The molecule has 2 aliphatic rings. The minimum absolute atomic E-state index is 0. The van der Waals surface area contributed by atoms with E-state index in [0.717, 1.165) is 35.8 Å². The van der Waals surface area contributed by atoms with E-state index in [2.05, 4.69) is 4.99 Å². The summed E-state index contributed by atoms with van der Waals surface area (Å²) in [7, 11) is 0. The summed E-state index contributed by atoms with van der Waals surface area (Å²) in [6.07, 6.45) is 0.908. The Kier molecular flexibility index (Phi) is 5.97. The summed E-state index contributed by atoms with van der Waals surface area (Å²) < 4.78 is 13.5. The third kappa shape index (κ3) is 3.40. The molecule has 0 bridgehead atoms. The number of rotatable bonds is 3. The van der Waals surface area contributed by atoms with Gasteiger partial charge in [-0.3, -0.25) is 4.99 Å². The molecule has 2 atom stereocenters. The predicted molar refractivity (Wildman–Crippen MR) is 111 cm³/mol. The standard InChI is InChI=1S/C19H18ClFN2OS.BrH/c20-16-5-2-1-4-15(16)17(13-6-8-14(21)9-7-13)19(24)12-25-18-22-10-3-11-23(18)19;/h1-2,4-9,17,24H,3,10-12H2;1H. The molecular formula is C19H19BrClFN2OS. The molecule has 0 amide bonds. The Labute approximate surface area is 172 Å². The molecule has 0 spiro atoms. The smallest absolute Gasteiger partial charge is 0.161 e. The molecule has 2 aromatic carbocycles. The van der Waals surface area contributed by atoms with Crippen molar-refractivity contribution in [3.05, 3.63) is 70.5 Å². The van der Waals surface area contributed by atoms with Crippen LogP contribution in [0.1, 0.15) is 23.5 Å². The first-order chi connectivity index (χ1) is 12.1. The van der Waals surface area contributed by atoms with Crippen molar-refractivity contribution in [1.29, 1.82) is 0 Å². The van der Waals surface area contributed by atoms with Crippen LogP contribution < -0.4 is 0 Å². The van der Waals surface area contributed by atoms with Crippen LogP contribution in [0.15, 0.2) is 53.5 Å². The van der Waals surface area contributed by atoms with Crippen LogP contribution in [-0.2, 0) is 0 Å². The highest BCUT2D eigenvalue weighted by Crippen LogP contribution is 2.47. The monoisotopic (exact) mass is 456 g/mol. The first-order valence-electron chi connectivity index (χ1n) is 8.27. The SMILES string of the molecule is Br.OC1(C(c2ccc(F)cc2)c2ccccc2Cl)CSC2=NCCCN21. The Hall–Kier alpha value is -1.08. The molecular weight excluding hydrogens is 439 g/mol. The number of nitrogens with zero attached hydrogens (tertiary/aromatic N) is 2. The molecule has 2 aliphatic heterocycles. The van der Waals surface area contributed by atoms with Gasteiger partial charge in [0.25, 0.3) is 0 Å². The molecule has 1 N–H and O–H groups in total. The fraction of sp³-hybridized carbons (Fsp3) is 0.316. The van der Waals surface area contributed by atoms with Gasteiger partial charge in [0, 0.05) is 23.9 Å². The van der Waals surface area contributed by atoms with Crippen molar-refractivity contribution in [2.75, 3.05) is 18.8 Å². The highest BCUT2D eigenvalue weighted by Gasteiger charge is 2.51. The largest absolute Gasteiger partial charge is 0.369 e. The van der Waals surface area contributed by atoms with E-state index in [1.807, 2.05) is 29.2 Å². The quantitative estimate of drug-likeness (QED) is 0.726. The Morgan fingerprint density at radius 2 is 1.92 bits per heavy atom. The van der Waals surface area contributed by atoms with E-state index in [-0.39, 0.29) is 28.7 Å². The van der Waals surface area contributed by atoms with Crippen LogP contribution in [0.5, 0.6) is 0 Å². The van der Waals surface area contributed by atoms with E-state index in [4.69, 9.17) is 11.6 Å². The van der Waals surface area contributed by atoms with Crippen LogP contribution in [0, 0.1) is 5.82 Å². The maximum Gasteiger partial charge on any atom is 0.161 e. The van der Waals surface area contributed by atoms with Gasteiger partial charge in [0.2, 0.25) is 0 Å². The summed E-state index contributed by atoms with van der Waals surface area (Å²) >= 11 is 8.04. The van der Waals surface area contributed by atoms with Gasteiger partial charge in [-0.05, 0) is 35.7 Å². The lowest BCUT2D eigenvalue weighted by Gasteiger charge is -2.42. The Balaban J connectivity index is 0.00000196. The van der Waals surface area contributed by atoms with Crippen LogP contribution >= 0.6 is 40.3 Å². The first-order valence-corrected chi connectivity index (χ1v) is 9.63. The van der Waals surface area contributed by atoms with Gasteiger partial charge in [0.1, 0.15) is 5.82 Å². The second-order valence-electron chi connectivity index (χ2n) is 6.34. The average molecular weight is 458 g/mol.